The minimum Gasteiger partial charge on any atom is -0.497 e. The van der Waals surface area contributed by atoms with Crippen molar-refractivity contribution in [3.63, 3.8) is 0 Å². The van der Waals surface area contributed by atoms with Crippen LogP contribution >= 0.6 is 0 Å². The number of ether oxygens (including phenoxy) is 1. The highest BCUT2D eigenvalue weighted by Gasteiger charge is 2.24. The first-order valence-corrected chi connectivity index (χ1v) is 7.00. The minimum absolute atomic E-state index is 0.0139. The first kappa shape index (κ1) is 15.5. The van der Waals surface area contributed by atoms with Gasteiger partial charge in [0.1, 0.15) is 5.75 Å². The largest absolute Gasteiger partial charge is 0.497 e. The zero-order chi connectivity index (χ0) is 15.3. The van der Waals surface area contributed by atoms with Gasteiger partial charge < -0.3 is 15.2 Å². The molecule has 0 aliphatic carbocycles. The number of benzene rings is 1. The summed E-state index contributed by atoms with van der Waals surface area (Å²) >= 11 is 0. The first-order valence-electron chi connectivity index (χ1n) is 7.00. The van der Waals surface area contributed by atoms with Crippen LogP contribution < -0.4 is 10.1 Å². The highest BCUT2D eigenvalue weighted by atomic mass is 16.5. The second-order valence-electron chi connectivity index (χ2n) is 5.35. The van der Waals surface area contributed by atoms with E-state index in [1.807, 2.05) is 56.3 Å². The number of aliphatic hydroxyl groups excluding tert-OH is 1. The van der Waals surface area contributed by atoms with Gasteiger partial charge in [-0.25, -0.2) is 0 Å². The summed E-state index contributed by atoms with van der Waals surface area (Å²) < 4.78 is 5.26. The molecule has 2 aromatic rings. The Morgan fingerprint density at radius 1 is 1.24 bits per heavy atom. The lowest BCUT2D eigenvalue weighted by Gasteiger charge is -2.29. The lowest BCUT2D eigenvalue weighted by atomic mass is 9.93. The van der Waals surface area contributed by atoms with Crippen LogP contribution in [0.15, 0.2) is 42.5 Å². The number of hydrogen-bond donors (Lipinski definition) is 2. The fourth-order valence-corrected chi connectivity index (χ4v) is 2.25. The lowest BCUT2D eigenvalue weighted by molar-refractivity contribution is 0.173. The second-order valence-corrected chi connectivity index (χ2v) is 5.35. The quantitative estimate of drug-likeness (QED) is 0.856. The number of rotatable bonds is 6. The standard InChI is InChI=1S/C17H22N2O2/c1-13-9-16(21-3)10-15(19-13)11-18-17(2,12-20)14-7-5-4-6-8-14/h4-10,18,20H,11-12H2,1-3H3. The third-order valence-electron chi connectivity index (χ3n) is 3.60. The van der Waals surface area contributed by atoms with E-state index < -0.39 is 5.54 Å². The molecule has 4 heteroatoms. The second kappa shape index (κ2) is 6.70. The molecule has 2 rings (SSSR count). The van der Waals surface area contributed by atoms with E-state index in [9.17, 15) is 5.11 Å². The summed E-state index contributed by atoms with van der Waals surface area (Å²) in [5.41, 5.74) is 2.35. The number of hydrogen-bond acceptors (Lipinski definition) is 4. The number of nitrogens with zero attached hydrogens (tertiary/aromatic N) is 1. The molecule has 1 heterocycles. The molecule has 0 saturated heterocycles. The summed E-state index contributed by atoms with van der Waals surface area (Å²) in [7, 11) is 1.65. The van der Waals surface area contributed by atoms with Crippen LogP contribution in [0.5, 0.6) is 5.75 Å². The topological polar surface area (TPSA) is 54.4 Å². The van der Waals surface area contributed by atoms with Crippen LogP contribution in [-0.2, 0) is 12.1 Å². The number of aliphatic hydroxyl groups is 1. The molecule has 4 nitrogen and oxygen atoms in total. The van der Waals surface area contributed by atoms with Crippen molar-refractivity contribution in [2.24, 2.45) is 0 Å². The van der Waals surface area contributed by atoms with Crippen LogP contribution in [-0.4, -0.2) is 23.8 Å². The predicted octanol–water partition coefficient (Wildman–Crippen LogP) is 2.40. The molecular formula is C17H22N2O2. The van der Waals surface area contributed by atoms with Crippen molar-refractivity contribution in [1.29, 1.82) is 0 Å². The third kappa shape index (κ3) is 3.80. The van der Waals surface area contributed by atoms with E-state index in [2.05, 4.69) is 10.3 Å². The summed E-state index contributed by atoms with van der Waals surface area (Å²) in [5.74, 6) is 0.796. The zero-order valence-electron chi connectivity index (χ0n) is 12.8. The average Bonchev–Trinajstić information content (AvgIpc) is 2.53. The van der Waals surface area contributed by atoms with Gasteiger partial charge in [0.2, 0.25) is 0 Å². The van der Waals surface area contributed by atoms with E-state index in [0.717, 1.165) is 22.7 Å². The molecule has 2 N–H and O–H groups in total. The summed E-state index contributed by atoms with van der Waals surface area (Å²) in [6, 6.07) is 13.7. The SMILES string of the molecule is COc1cc(C)nc(CNC(C)(CO)c2ccccc2)c1. The molecule has 0 amide bonds. The molecular weight excluding hydrogens is 264 g/mol. The molecule has 0 aliphatic rings. The van der Waals surface area contributed by atoms with Crippen molar-refractivity contribution in [2.75, 3.05) is 13.7 Å². The van der Waals surface area contributed by atoms with Crippen LogP contribution in [0, 0.1) is 6.92 Å². The molecule has 0 bridgehead atoms. The van der Waals surface area contributed by atoms with Gasteiger partial charge in [0.15, 0.2) is 0 Å². The van der Waals surface area contributed by atoms with Gasteiger partial charge in [0, 0.05) is 24.4 Å². The van der Waals surface area contributed by atoms with Gasteiger partial charge in [-0.15, -0.1) is 0 Å². The Morgan fingerprint density at radius 3 is 2.57 bits per heavy atom. The Labute approximate surface area is 125 Å². The van der Waals surface area contributed by atoms with E-state index in [-0.39, 0.29) is 6.61 Å². The van der Waals surface area contributed by atoms with Crippen molar-refractivity contribution in [3.05, 3.63) is 59.4 Å². The minimum atomic E-state index is -0.500. The normalized spacial score (nSPS) is 13.7. The summed E-state index contributed by atoms with van der Waals surface area (Å²) in [5, 5.41) is 13.2. The molecule has 1 aromatic heterocycles. The van der Waals surface area contributed by atoms with Crippen molar-refractivity contribution in [2.45, 2.75) is 25.9 Å². The van der Waals surface area contributed by atoms with Crippen LogP contribution in [0.2, 0.25) is 0 Å². The lowest BCUT2D eigenvalue weighted by Crippen LogP contribution is -2.42. The van der Waals surface area contributed by atoms with Crippen molar-refractivity contribution in [1.82, 2.24) is 10.3 Å². The van der Waals surface area contributed by atoms with Crippen LogP contribution in [0.25, 0.3) is 0 Å². The molecule has 21 heavy (non-hydrogen) atoms. The fourth-order valence-electron chi connectivity index (χ4n) is 2.25. The Kier molecular flexibility index (Phi) is 4.94. The van der Waals surface area contributed by atoms with Gasteiger partial charge in [0.05, 0.1) is 24.9 Å². The van der Waals surface area contributed by atoms with E-state index in [1.165, 1.54) is 0 Å². The van der Waals surface area contributed by atoms with E-state index >= 15 is 0 Å². The zero-order valence-corrected chi connectivity index (χ0v) is 12.8. The Balaban J connectivity index is 2.15. The molecule has 1 unspecified atom stereocenters. The molecule has 0 aliphatic heterocycles. The number of aryl methyl sites for hydroxylation is 1. The molecule has 1 aromatic carbocycles. The highest BCUT2D eigenvalue weighted by molar-refractivity contribution is 5.28. The molecule has 0 saturated carbocycles. The summed E-state index contributed by atoms with van der Waals surface area (Å²) in [6.07, 6.45) is 0. The highest BCUT2D eigenvalue weighted by Crippen LogP contribution is 2.21. The average molecular weight is 286 g/mol. The Bertz CT molecular complexity index is 587. The van der Waals surface area contributed by atoms with Gasteiger partial charge in [-0.1, -0.05) is 30.3 Å². The first-order chi connectivity index (χ1) is 10.1. The Hall–Kier alpha value is -1.91. The maximum absolute atomic E-state index is 9.76. The molecule has 1 atom stereocenters. The summed E-state index contributed by atoms with van der Waals surface area (Å²) in [6.45, 7) is 4.49. The number of methoxy groups -OCH3 is 1. The van der Waals surface area contributed by atoms with E-state index in [0.29, 0.717) is 6.54 Å². The van der Waals surface area contributed by atoms with Gasteiger partial charge in [0.25, 0.3) is 0 Å². The van der Waals surface area contributed by atoms with Gasteiger partial charge in [-0.3, -0.25) is 4.98 Å². The van der Waals surface area contributed by atoms with Crippen molar-refractivity contribution >= 4 is 0 Å². The number of nitrogens with one attached hydrogen (secondary N) is 1. The van der Waals surface area contributed by atoms with Crippen LogP contribution in [0.4, 0.5) is 0 Å². The maximum Gasteiger partial charge on any atom is 0.122 e. The van der Waals surface area contributed by atoms with Gasteiger partial charge in [-0.2, -0.15) is 0 Å². The molecule has 0 spiro atoms. The molecule has 112 valence electrons. The number of pyridine rings is 1. The monoisotopic (exact) mass is 286 g/mol. The molecule has 0 fully saturated rings. The maximum atomic E-state index is 9.76. The van der Waals surface area contributed by atoms with E-state index in [4.69, 9.17) is 4.74 Å². The Morgan fingerprint density at radius 2 is 1.95 bits per heavy atom. The van der Waals surface area contributed by atoms with Crippen LogP contribution in [0.3, 0.4) is 0 Å². The third-order valence-corrected chi connectivity index (χ3v) is 3.60. The van der Waals surface area contributed by atoms with Gasteiger partial charge >= 0.3 is 0 Å². The smallest absolute Gasteiger partial charge is 0.122 e. The van der Waals surface area contributed by atoms with Crippen molar-refractivity contribution < 1.29 is 9.84 Å². The van der Waals surface area contributed by atoms with Gasteiger partial charge in [-0.05, 0) is 19.4 Å². The van der Waals surface area contributed by atoms with E-state index in [1.54, 1.807) is 7.11 Å². The molecule has 0 radical (unpaired) electrons. The summed E-state index contributed by atoms with van der Waals surface area (Å²) in [4.78, 5) is 4.49. The predicted molar refractivity (Wildman–Crippen MR) is 83.2 cm³/mol. The fraction of sp³-hybridized carbons (Fsp3) is 0.353. The van der Waals surface area contributed by atoms with Crippen LogP contribution in [0.1, 0.15) is 23.9 Å². The van der Waals surface area contributed by atoms with Crippen molar-refractivity contribution in [3.8, 4) is 5.75 Å². The number of aromatic nitrogens is 1.